The summed E-state index contributed by atoms with van der Waals surface area (Å²) in [5, 5.41) is 15.1. The van der Waals surface area contributed by atoms with Crippen LogP contribution < -0.4 is 15.4 Å². The van der Waals surface area contributed by atoms with Crippen LogP contribution in [0.25, 0.3) is 0 Å². The van der Waals surface area contributed by atoms with E-state index in [1.807, 2.05) is 74.7 Å². The van der Waals surface area contributed by atoms with Gasteiger partial charge in [0.15, 0.2) is 11.0 Å². The molecular weight excluding hydrogens is 450 g/mol. The fourth-order valence-corrected chi connectivity index (χ4v) is 4.39. The van der Waals surface area contributed by atoms with Crippen molar-refractivity contribution in [3.05, 3.63) is 65.0 Å². The Kier molecular flexibility index (Phi) is 8.70. The first kappa shape index (κ1) is 25.3. The maximum Gasteiger partial charge on any atom is 0.234 e. The van der Waals surface area contributed by atoms with Gasteiger partial charge in [-0.25, -0.2) is 0 Å². The van der Waals surface area contributed by atoms with Crippen molar-refractivity contribution in [2.24, 2.45) is 0 Å². The summed E-state index contributed by atoms with van der Waals surface area (Å²) in [6, 6.07) is 13.0. The summed E-state index contributed by atoms with van der Waals surface area (Å²) in [6.07, 6.45) is 0.259. The number of carbonyl (C=O) groups excluding carboxylic acids is 2. The molecule has 3 rings (SSSR count). The van der Waals surface area contributed by atoms with Gasteiger partial charge in [0.05, 0.1) is 25.3 Å². The average molecular weight is 482 g/mol. The molecule has 0 bridgehead atoms. The second-order valence-corrected chi connectivity index (χ2v) is 9.00. The summed E-state index contributed by atoms with van der Waals surface area (Å²) < 4.78 is 7.08. The van der Waals surface area contributed by atoms with Crippen LogP contribution in [0, 0.1) is 13.8 Å². The SMILES string of the molecule is CCn1c(SCC(=O)Nc2ccc(C)cc2C)nnc1[C@H](C)NC(=O)Cc1ccc(OC)cc1. The van der Waals surface area contributed by atoms with Crippen LogP contribution in [0.1, 0.15) is 42.4 Å². The lowest BCUT2D eigenvalue weighted by Gasteiger charge is -2.15. The summed E-state index contributed by atoms with van der Waals surface area (Å²) >= 11 is 1.32. The minimum Gasteiger partial charge on any atom is -0.497 e. The summed E-state index contributed by atoms with van der Waals surface area (Å²) in [4.78, 5) is 25.0. The first-order valence-electron chi connectivity index (χ1n) is 11.2. The monoisotopic (exact) mass is 481 g/mol. The molecule has 0 saturated carbocycles. The Bertz CT molecular complexity index is 1140. The number of methoxy groups -OCH3 is 1. The third kappa shape index (κ3) is 6.60. The number of nitrogens with one attached hydrogen (secondary N) is 2. The van der Waals surface area contributed by atoms with Crippen molar-refractivity contribution in [2.75, 3.05) is 18.2 Å². The molecule has 2 N–H and O–H groups in total. The van der Waals surface area contributed by atoms with Crippen molar-refractivity contribution < 1.29 is 14.3 Å². The number of ether oxygens (including phenoxy) is 1. The molecule has 0 spiro atoms. The molecule has 2 aromatic carbocycles. The predicted octanol–water partition coefficient (Wildman–Crippen LogP) is 4.07. The van der Waals surface area contributed by atoms with Crippen molar-refractivity contribution in [1.29, 1.82) is 0 Å². The molecule has 0 unspecified atom stereocenters. The van der Waals surface area contributed by atoms with Crippen LogP contribution in [0.4, 0.5) is 5.69 Å². The summed E-state index contributed by atoms with van der Waals surface area (Å²) in [5.74, 6) is 1.41. The van der Waals surface area contributed by atoms with E-state index in [2.05, 4.69) is 20.8 Å². The molecule has 0 aliphatic heterocycles. The Morgan fingerprint density at radius 3 is 2.47 bits per heavy atom. The van der Waals surface area contributed by atoms with Gasteiger partial charge in [0, 0.05) is 12.2 Å². The highest BCUT2D eigenvalue weighted by molar-refractivity contribution is 7.99. The molecule has 0 aliphatic rings. The van der Waals surface area contributed by atoms with Gasteiger partial charge in [-0.05, 0) is 57.0 Å². The zero-order valence-electron chi connectivity index (χ0n) is 20.2. The Balaban J connectivity index is 1.57. The number of aromatic nitrogens is 3. The van der Waals surface area contributed by atoms with Gasteiger partial charge in [-0.3, -0.25) is 9.59 Å². The van der Waals surface area contributed by atoms with Gasteiger partial charge in [-0.15, -0.1) is 10.2 Å². The molecule has 1 heterocycles. The number of nitrogens with zero attached hydrogens (tertiary/aromatic N) is 3. The van der Waals surface area contributed by atoms with E-state index in [4.69, 9.17) is 4.74 Å². The van der Waals surface area contributed by atoms with E-state index in [9.17, 15) is 9.59 Å². The van der Waals surface area contributed by atoms with Gasteiger partial charge in [0.25, 0.3) is 0 Å². The molecule has 8 nitrogen and oxygen atoms in total. The largest absolute Gasteiger partial charge is 0.497 e. The second kappa shape index (κ2) is 11.7. The first-order valence-corrected chi connectivity index (χ1v) is 12.1. The summed E-state index contributed by atoms with van der Waals surface area (Å²) in [5.41, 5.74) is 3.88. The molecule has 0 radical (unpaired) electrons. The van der Waals surface area contributed by atoms with Crippen LogP contribution in [0.2, 0.25) is 0 Å². The van der Waals surface area contributed by atoms with E-state index in [-0.39, 0.29) is 30.0 Å². The molecule has 1 atom stereocenters. The number of benzene rings is 2. The summed E-state index contributed by atoms with van der Waals surface area (Å²) in [7, 11) is 1.61. The number of hydrogen-bond acceptors (Lipinski definition) is 6. The number of anilines is 1. The molecular formula is C25H31N5O3S. The van der Waals surface area contributed by atoms with Crippen molar-refractivity contribution in [3.8, 4) is 5.75 Å². The third-order valence-electron chi connectivity index (χ3n) is 5.34. The van der Waals surface area contributed by atoms with E-state index in [1.54, 1.807) is 7.11 Å². The highest BCUT2D eigenvalue weighted by Crippen LogP contribution is 2.22. The second-order valence-electron chi connectivity index (χ2n) is 8.05. The van der Waals surface area contributed by atoms with Gasteiger partial charge in [0.2, 0.25) is 11.8 Å². The molecule has 9 heteroatoms. The van der Waals surface area contributed by atoms with E-state index in [1.165, 1.54) is 11.8 Å². The van der Waals surface area contributed by atoms with Crippen molar-refractivity contribution in [3.63, 3.8) is 0 Å². The fourth-order valence-electron chi connectivity index (χ4n) is 3.58. The highest BCUT2D eigenvalue weighted by Gasteiger charge is 2.20. The zero-order valence-corrected chi connectivity index (χ0v) is 21.0. The molecule has 2 amide bonds. The standard InChI is InChI=1S/C25H31N5O3S/c1-6-30-24(18(4)26-22(31)14-19-8-10-20(33-5)11-9-19)28-29-25(30)34-15-23(32)27-21-12-7-16(2)13-17(21)3/h7-13,18H,6,14-15H2,1-5H3,(H,26,31)(H,27,32)/t18-/m0/s1. The summed E-state index contributed by atoms with van der Waals surface area (Å²) in [6.45, 7) is 8.48. The topological polar surface area (TPSA) is 98.1 Å². The Morgan fingerprint density at radius 1 is 1.09 bits per heavy atom. The number of hydrogen-bond donors (Lipinski definition) is 2. The average Bonchev–Trinajstić information content (AvgIpc) is 3.23. The lowest BCUT2D eigenvalue weighted by Crippen LogP contribution is -2.30. The lowest BCUT2D eigenvalue weighted by molar-refractivity contribution is -0.121. The normalized spacial score (nSPS) is 11.7. The van der Waals surface area contributed by atoms with Crippen molar-refractivity contribution in [1.82, 2.24) is 20.1 Å². The van der Waals surface area contributed by atoms with Crippen LogP contribution in [0.3, 0.4) is 0 Å². The number of thioether (sulfide) groups is 1. The number of aryl methyl sites for hydroxylation is 2. The van der Waals surface area contributed by atoms with Crippen LogP contribution in [0.15, 0.2) is 47.6 Å². The van der Waals surface area contributed by atoms with Gasteiger partial charge in [0.1, 0.15) is 5.75 Å². The van der Waals surface area contributed by atoms with Crippen LogP contribution in [-0.4, -0.2) is 39.4 Å². The van der Waals surface area contributed by atoms with Crippen molar-refractivity contribution >= 4 is 29.3 Å². The van der Waals surface area contributed by atoms with Gasteiger partial charge < -0.3 is 19.9 Å². The maximum atomic E-state index is 12.5. The molecule has 3 aromatic rings. The van der Waals surface area contributed by atoms with E-state index in [0.717, 1.165) is 28.1 Å². The smallest absolute Gasteiger partial charge is 0.234 e. The van der Waals surface area contributed by atoms with Gasteiger partial charge in [-0.1, -0.05) is 41.6 Å². The first-order chi connectivity index (χ1) is 16.3. The number of carbonyl (C=O) groups is 2. The van der Waals surface area contributed by atoms with Crippen LogP contribution in [-0.2, 0) is 22.6 Å². The maximum absolute atomic E-state index is 12.5. The number of rotatable bonds is 10. The van der Waals surface area contributed by atoms with Crippen LogP contribution in [0.5, 0.6) is 5.75 Å². The molecule has 180 valence electrons. The molecule has 34 heavy (non-hydrogen) atoms. The molecule has 1 aromatic heterocycles. The van der Waals surface area contributed by atoms with Crippen LogP contribution >= 0.6 is 11.8 Å². The zero-order chi connectivity index (χ0) is 24.7. The van der Waals surface area contributed by atoms with Gasteiger partial charge >= 0.3 is 0 Å². The minimum atomic E-state index is -0.323. The molecule has 0 fully saturated rings. The van der Waals surface area contributed by atoms with Gasteiger partial charge in [-0.2, -0.15) is 0 Å². The Labute approximate surface area is 204 Å². The minimum absolute atomic E-state index is 0.106. The molecule has 0 saturated heterocycles. The third-order valence-corrected chi connectivity index (χ3v) is 6.31. The van der Waals surface area contributed by atoms with Crippen molar-refractivity contribution in [2.45, 2.75) is 51.9 Å². The van der Waals surface area contributed by atoms with E-state index in [0.29, 0.717) is 17.5 Å². The van der Waals surface area contributed by atoms with E-state index >= 15 is 0 Å². The predicted molar refractivity (Wildman–Crippen MR) is 134 cm³/mol. The number of amides is 2. The highest BCUT2D eigenvalue weighted by atomic mass is 32.2. The quantitative estimate of drug-likeness (QED) is 0.424. The Morgan fingerprint density at radius 2 is 1.82 bits per heavy atom. The Hall–Kier alpha value is -3.33. The van der Waals surface area contributed by atoms with E-state index < -0.39 is 0 Å². The fraction of sp³-hybridized carbons (Fsp3) is 0.360. The molecule has 0 aliphatic carbocycles. The lowest BCUT2D eigenvalue weighted by atomic mass is 10.1.